The van der Waals surface area contributed by atoms with Crippen LogP contribution in [0.4, 0.5) is 0 Å². The van der Waals surface area contributed by atoms with Gasteiger partial charge in [-0.2, -0.15) is 0 Å². The van der Waals surface area contributed by atoms with Gasteiger partial charge in [0.2, 0.25) is 5.43 Å². The van der Waals surface area contributed by atoms with Crippen molar-refractivity contribution in [2.24, 2.45) is 5.92 Å². The number of aromatic amines is 1. The van der Waals surface area contributed by atoms with Crippen LogP contribution in [0.1, 0.15) is 34.8 Å². The predicted molar refractivity (Wildman–Crippen MR) is 89.7 cm³/mol. The van der Waals surface area contributed by atoms with E-state index in [-0.39, 0.29) is 29.4 Å². The number of piperidine rings is 1. The van der Waals surface area contributed by atoms with E-state index in [1.807, 2.05) is 32.9 Å². The number of carbonyl (C=O) groups excluding carboxylic acids is 1. The molecule has 0 bridgehead atoms. The summed E-state index contributed by atoms with van der Waals surface area (Å²) in [6.45, 7) is 6.70. The maximum Gasteiger partial charge on any atom is 0.259 e. The van der Waals surface area contributed by atoms with E-state index >= 15 is 0 Å². The molecule has 5 heteroatoms. The summed E-state index contributed by atoms with van der Waals surface area (Å²) in [5.74, 6) is -0.127. The molecule has 1 saturated heterocycles. The van der Waals surface area contributed by atoms with Crippen LogP contribution in [0.5, 0.6) is 0 Å². The molecule has 1 amide bonds. The second-order valence-electron chi connectivity index (χ2n) is 6.62. The number of likely N-dealkylation sites (tertiary alicyclic amines) is 1. The number of hydrogen-bond acceptors (Lipinski definition) is 3. The Hall–Kier alpha value is -2.14. The third-order valence-corrected chi connectivity index (χ3v) is 4.77. The van der Waals surface area contributed by atoms with Gasteiger partial charge in [0.25, 0.3) is 5.91 Å². The van der Waals surface area contributed by atoms with E-state index in [0.29, 0.717) is 11.9 Å². The molecule has 0 saturated carbocycles. The Balaban J connectivity index is 2.02. The summed E-state index contributed by atoms with van der Waals surface area (Å²) >= 11 is 0. The van der Waals surface area contributed by atoms with Crippen molar-refractivity contribution in [3.63, 3.8) is 0 Å². The number of aromatic nitrogens is 1. The average Bonchev–Trinajstić information content (AvgIpc) is 2.50. The summed E-state index contributed by atoms with van der Waals surface area (Å²) in [5.41, 5.74) is 2.64. The molecule has 1 aliphatic rings. The lowest BCUT2D eigenvalue weighted by Crippen LogP contribution is -2.46. The number of pyridine rings is 1. The zero-order valence-electron chi connectivity index (χ0n) is 13.7. The van der Waals surface area contributed by atoms with Crippen molar-refractivity contribution < 1.29 is 9.90 Å². The summed E-state index contributed by atoms with van der Waals surface area (Å²) in [4.78, 5) is 30.1. The van der Waals surface area contributed by atoms with Gasteiger partial charge in [-0.05, 0) is 43.4 Å². The SMILES string of the molecule is Cc1cc(C)c2[nH]cc(C(=O)N3CC[C@@H](C)[C@@H](O)C3)c(=O)c2c1. The Morgan fingerprint density at radius 2 is 2.09 bits per heavy atom. The molecule has 1 aromatic heterocycles. The second kappa shape index (κ2) is 5.81. The van der Waals surface area contributed by atoms with Crippen LogP contribution in [-0.2, 0) is 0 Å². The van der Waals surface area contributed by atoms with Gasteiger partial charge in [0, 0.05) is 24.7 Å². The van der Waals surface area contributed by atoms with Crippen molar-refractivity contribution in [2.75, 3.05) is 13.1 Å². The Morgan fingerprint density at radius 1 is 1.35 bits per heavy atom. The molecule has 0 unspecified atom stereocenters. The molecule has 2 heterocycles. The molecule has 0 spiro atoms. The fourth-order valence-corrected chi connectivity index (χ4v) is 3.26. The van der Waals surface area contributed by atoms with Gasteiger partial charge in [-0.25, -0.2) is 0 Å². The first-order chi connectivity index (χ1) is 10.9. The number of carbonyl (C=O) groups is 1. The zero-order valence-corrected chi connectivity index (χ0v) is 13.7. The highest BCUT2D eigenvalue weighted by atomic mass is 16.3. The van der Waals surface area contributed by atoms with Crippen molar-refractivity contribution in [2.45, 2.75) is 33.3 Å². The number of aliphatic hydroxyl groups excluding tert-OH is 1. The molecule has 0 radical (unpaired) electrons. The van der Waals surface area contributed by atoms with Crippen LogP contribution < -0.4 is 5.43 Å². The van der Waals surface area contributed by atoms with Crippen molar-refractivity contribution in [3.05, 3.63) is 45.2 Å². The first-order valence-corrected chi connectivity index (χ1v) is 7.98. The summed E-state index contributed by atoms with van der Waals surface area (Å²) < 4.78 is 0. The molecule has 2 N–H and O–H groups in total. The number of β-amino-alcohol motifs (C(OH)–C–C–N with tert-alkyl or cyclic N) is 1. The van der Waals surface area contributed by atoms with Crippen molar-refractivity contribution in [1.82, 2.24) is 9.88 Å². The Kier molecular flexibility index (Phi) is 3.98. The topological polar surface area (TPSA) is 73.4 Å². The third-order valence-electron chi connectivity index (χ3n) is 4.77. The van der Waals surface area contributed by atoms with Crippen LogP contribution in [0, 0.1) is 19.8 Å². The summed E-state index contributed by atoms with van der Waals surface area (Å²) in [5, 5.41) is 10.5. The number of hydrogen-bond donors (Lipinski definition) is 2. The van der Waals surface area contributed by atoms with E-state index in [0.717, 1.165) is 23.1 Å². The quantitative estimate of drug-likeness (QED) is 0.845. The lowest BCUT2D eigenvalue weighted by atomic mass is 9.95. The Labute approximate surface area is 134 Å². The molecule has 1 fully saturated rings. The number of benzene rings is 1. The highest BCUT2D eigenvalue weighted by Gasteiger charge is 2.29. The van der Waals surface area contributed by atoms with Gasteiger partial charge in [-0.3, -0.25) is 9.59 Å². The van der Waals surface area contributed by atoms with Crippen LogP contribution >= 0.6 is 0 Å². The highest BCUT2D eigenvalue weighted by molar-refractivity contribution is 5.97. The highest BCUT2D eigenvalue weighted by Crippen LogP contribution is 2.20. The number of amides is 1. The number of nitrogens with one attached hydrogen (secondary N) is 1. The summed E-state index contributed by atoms with van der Waals surface area (Å²) in [7, 11) is 0. The van der Waals surface area contributed by atoms with Crippen LogP contribution in [-0.4, -0.2) is 40.1 Å². The third kappa shape index (κ3) is 2.77. The van der Waals surface area contributed by atoms with E-state index in [1.165, 1.54) is 6.20 Å². The predicted octanol–water partition coefficient (Wildman–Crippen LogP) is 1.99. The number of nitrogens with zero attached hydrogens (tertiary/aromatic N) is 1. The summed E-state index contributed by atoms with van der Waals surface area (Å²) in [6, 6.07) is 3.81. The lowest BCUT2D eigenvalue weighted by Gasteiger charge is -2.34. The monoisotopic (exact) mass is 314 g/mol. The van der Waals surface area contributed by atoms with Gasteiger partial charge in [0.1, 0.15) is 5.56 Å². The smallest absolute Gasteiger partial charge is 0.259 e. The molecular weight excluding hydrogens is 292 g/mol. The maximum absolute atomic E-state index is 12.7. The molecule has 0 aliphatic carbocycles. The van der Waals surface area contributed by atoms with Crippen LogP contribution in [0.2, 0.25) is 0 Å². The number of H-pyrrole nitrogens is 1. The fraction of sp³-hybridized carbons (Fsp3) is 0.444. The molecule has 1 aromatic carbocycles. The van der Waals surface area contributed by atoms with Gasteiger partial charge in [-0.15, -0.1) is 0 Å². The van der Waals surface area contributed by atoms with E-state index in [4.69, 9.17) is 0 Å². The number of fused-ring (bicyclic) bond motifs is 1. The van der Waals surface area contributed by atoms with Crippen LogP contribution in [0.15, 0.2) is 23.1 Å². The maximum atomic E-state index is 12.7. The zero-order chi connectivity index (χ0) is 16.7. The molecule has 1 aliphatic heterocycles. The lowest BCUT2D eigenvalue weighted by molar-refractivity contribution is 0.0248. The standard InChI is InChI=1S/C18H22N2O3/c1-10-6-12(3)16-13(7-10)17(22)14(8-19-16)18(23)20-5-4-11(2)15(21)9-20/h6-8,11,15,21H,4-5,9H2,1-3H3,(H,19,22)/t11-,15+/m1/s1. The van der Waals surface area contributed by atoms with Gasteiger partial charge in [0.05, 0.1) is 11.6 Å². The molecular formula is C18H22N2O3. The van der Waals surface area contributed by atoms with E-state index in [9.17, 15) is 14.7 Å². The molecule has 2 aromatic rings. The minimum absolute atomic E-state index is 0.143. The first-order valence-electron chi connectivity index (χ1n) is 7.98. The van der Waals surface area contributed by atoms with Gasteiger partial charge < -0.3 is 15.0 Å². The van der Waals surface area contributed by atoms with Gasteiger partial charge >= 0.3 is 0 Å². The number of rotatable bonds is 1. The minimum Gasteiger partial charge on any atom is -0.391 e. The average molecular weight is 314 g/mol. The fourth-order valence-electron chi connectivity index (χ4n) is 3.26. The molecule has 2 atom stereocenters. The van der Waals surface area contributed by atoms with Crippen molar-refractivity contribution >= 4 is 16.8 Å². The molecule has 23 heavy (non-hydrogen) atoms. The van der Waals surface area contributed by atoms with Crippen molar-refractivity contribution in [1.29, 1.82) is 0 Å². The molecule has 3 rings (SSSR count). The van der Waals surface area contributed by atoms with E-state index in [1.54, 1.807) is 4.90 Å². The molecule has 122 valence electrons. The van der Waals surface area contributed by atoms with E-state index in [2.05, 4.69) is 4.98 Å². The minimum atomic E-state index is -0.531. The Morgan fingerprint density at radius 3 is 2.78 bits per heavy atom. The number of aryl methyl sites for hydroxylation is 2. The molecule has 5 nitrogen and oxygen atoms in total. The Bertz CT molecular complexity index is 825. The number of aliphatic hydroxyl groups is 1. The van der Waals surface area contributed by atoms with E-state index < -0.39 is 6.10 Å². The summed E-state index contributed by atoms with van der Waals surface area (Å²) in [6.07, 6.45) is 1.72. The van der Waals surface area contributed by atoms with Gasteiger partial charge in [0.15, 0.2) is 0 Å². The van der Waals surface area contributed by atoms with Crippen molar-refractivity contribution in [3.8, 4) is 0 Å². The van der Waals surface area contributed by atoms with Gasteiger partial charge in [-0.1, -0.05) is 13.0 Å². The van der Waals surface area contributed by atoms with Crippen LogP contribution in [0.3, 0.4) is 0 Å². The first kappa shape index (κ1) is 15.7. The van der Waals surface area contributed by atoms with Crippen LogP contribution in [0.25, 0.3) is 10.9 Å². The second-order valence-corrected chi connectivity index (χ2v) is 6.62. The normalized spacial score (nSPS) is 21.7. The largest absolute Gasteiger partial charge is 0.391 e.